The molecule has 0 saturated heterocycles. The fraction of sp³-hybridized carbons (Fsp3) is 0.455. The van der Waals surface area contributed by atoms with Crippen molar-refractivity contribution in [1.82, 2.24) is 0 Å². The van der Waals surface area contributed by atoms with Crippen LogP contribution in [0.3, 0.4) is 0 Å². The summed E-state index contributed by atoms with van der Waals surface area (Å²) in [5.74, 6) is 0.465. The molecule has 0 radical (unpaired) electrons. The number of unbranched alkanes of at least 4 members (excludes halogenated alkanes) is 2. The van der Waals surface area contributed by atoms with Gasteiger partial charge in [-0.3, -0.25) is 0 Å². The number of aryl methyl sites for hydroxylation is 3. The molecular weight excluding hydrogens is 470 g/mol. The lowest BCUT2D eigenvalue weighted by Crippen LogP contribution is -2.14. The summed E-state index contributed by atoms with van der Waals surface area (Å²) in [6, 6.07) is 19.9. The topological polar surface area (TPSA) is 0 Å². The molecule has 3 heteroatoms. The molecule has 192 valence electrons. The number of rotatable bonds is 11. The molecule has 0 nitrogen and oxygen atoms in total. The second kappa shape index (κ2) is 13.4. The van der Waals surface area contributed by atoms with Crippen LogP contribution in [0, 0.1) is 17.6 Å². The van der Waals surface area contributed by atoms with E-state index in [4.69, 9.17) is 11.6 Å². The molecule has 3 aromatic rings. The zero-order valence-electron chi connectivity index (χ0n) is 21.5. The fourth-order valence-corrected chi connectivity index (χ4v) is 5.78. The minimum absolute atomic E-state index is 0.186. The molecule has 0 bridgehead atoms. The van der Waals surface area contributed by atoms with Crippen molar-refractivity contribution in [3.8, 4) is 0 Å². The molecule has 36 heavy (non-hydrogen) atoms. The minimum atomic E-state index is -0.416. The summed E-state index contributed by atoms with van der Waals surface area (Å²) >= 11 is 5.92. The highest BCUT2D eigenvalue weighted by Gasteiger charge is 2.22. The Morgan fingerprint density at radius 3 is 1.94 bits per heavy atom. The minimum Gasteiger partial charge on any atom is -0.207 e. The van der Waals surface area contributed by atoms with E-state index in [0.717, 1.165) is 24.0 Å². The Hall–Kier alpha value is -2.19. The van der Waals surface area contributed by atoms with E-state index >= 15 is 0 Å². The summed E-state index contributed by atoms with van der Waals surface area (Å²) in [6.07, 6.45) is 12.6. The first kappa shape index (κ1) is 26.9. The third-order valence-corrected chi connectivity index (χ3v) is 8.24. The molecule has 0 N–H and O–H groups in total. The zero-order valence-corrected chi connectivity index (χ0v) is 22.3. The van der Waals surface area contributed by atoms with Crippen LogP contribution in [-0.2, 0) is 25.7 Å². The first-order chi connectivity index (χ1) is 17.5. The molecule has 3 aromatic carbocycles. The van der Waals surface area contributed by atoms with Crippen LogP contribution in [0.4, 0.5) is 8.78 Å². The van der Waals surface area contributed by atoms with Crippen molar-refractivity contribution in [2.45, 2.75) is 89.9 Å². The summed E-state index contributed by atoms with van der Waals surface area (Å²) in [6.45, 7) is 2.25. The van der Waals surface area contributed by atoms with Gasteiger partial charge < -0.3 is 0 Å². The number of hydrogen-bond donors (Lipinski definition) is 0. The van der Waals surface area contributed by atoms with Gasteiger partial charge >= 0.3 is 0 Å². The van der Waals surface area contributed by atoms with E-state index in [0.29, 0.717) is 29.7 Å². The molecule has 1 aliphatic carbocycles. The smallest absolute Gasteiger partial charge is 0.129 e. The second-order valence-corrected chi connectivity index (χ2v) is 11.1. The van der Waals surface area contributed by atoms with Gasteiger partial charge in [0.15, 0.2) is 0 Å². The molecule has 0 aromatic heterocycles. The van der Waals surface area contributed by atoms with Crippen LogP contribution in [0.2, 0.25) is 5.02 Å². The van der Waals surface area contributed by atoms with E-state index in [1.54, 1.807) is 12.1 Å². The Bertz CT molecular complexity index is 1060. The summed E-state index contributed by atoms with van der Waals surface area (Å²) in [7, 11) is 0. The van der Waals surface area contributed by atoms with E-state index in [1.807, 2.05) is 24.3 Å². The van der Waals surface area contributed by atoms with E-state index in [1.165, 1.54) is 62.5 Å². The predicted octanol–water partition coefficient (Wildman–Crippen LogP) is 10.0. The Kier molecular flexibility index (Phi) is 9.98. The highest BCUT2D eigenvalue weighted by atomic mass is 35.5. The summed E-state index contributed by atoms with van der Waals surface area (Å²) in [4.78, 5) is 0. The zero-order chi connectivity index (χ0) is 25.3. The van der Waals surface area contributed by atoms with Crippen molar-refractivity contribution in [2.24, 2.45) is 5.92 Å². The van der Waals surface area contributed by atoms with Crippen LogP contribution >= 0.6 is 11.6 Å². The van der Waals surface area contributed by atoms with Gasteiger partial charge in [0.25, 0.3) is 0 Å². The van der Waals surface area contributed by atoms with Crippen molar-refractivity contribution < 1.29 is 8.78 Å². The van der Waals surface area contributed by atoms with E-state index in [9.17, 15) is 8.78 Å². The molecule has 0 amide bonds. The van der Waals surface area contributed by atoms with Crippen LogP contribution in [0.1, 0.15) is 92.0 Å². The van der Waals surface area contributed by atoms with Crippen molar-refractivity contribution in [1.29, 1.82) is 0 Å². The Labute approximate surface area is 221 Å². The molecule has 0 spiro atoms. The fourth-order valence-electron chi connectivity index (χ4n) is 5.65. The summed E-state index contributed by atoms with van der Waals surface area (Å²) in [5.41, 5.74) is 4.93. The molecule has 0 unspecified atom stereocenters. The summed E-state index contributed by atoms with van der Waals surface area (Å²) in [5, 5.41) is 0.667. The first-order valence-electron chi connectivity index (χ1n) is 13.8. The predicted molar refractivity (Wildman–Crippen MR) is 148 cm³/mol. The third-order valence-electron chi connectivity index (χ3n) is 7.99. The van der Waals surface area contributed by atoms with Gasteiger partial charge in [-0.25, -0.2) is 8.78 Å². The van der Waals surface area contributed by atoms with E-state index < -0.39 is 11.6 Å². The molecule has 0 atom stereocenters. The molecule has 0 aliphatic heterocycles. The average Bonchev–Trinajstić information content (AvgIpc) is 2.89. The third kappa shape index (κ3) is 7.65. The van der Waals surface area contributed by atoms with Gasteiger partial charge in [-0.05, 0) is 123 Å². The maximum Gasteiger partial charge on any atom is 0.129 e. The van der Waals surface area contributed by atoms with E-state index in [2.05, 4.69) is 31.2 Å². The van der Waals surface area contributed by atoms with E-state index in [-0.39, 0.29) is 5.56 Å². The molecule has 4 rings (SSSR count). The molecule has 1 fully saturated rings. The largest absolute Gasteiger partial charge is 0.207 e. The molecule has 1 saturated carbocycles. The van der Waals surface area contributed by atoms with Crippen LogP contribution in [0.15, 0.2) is 60.7 Å². The monoisotopic (exact) mass is 508 g/mol. The number of benzene rings is 3. The van der Waals surface area contributed by atoms with Crippen molar-refractivity contribution >= 4 is 11.6 Å². The highest BCUT2D eigenvalue weighted by molar-refractivity contribution is 6.30. The Balaban J connectivity index is 1.23. The molecule has 1 aliphatic rings. The Morgan fingerprint density at radius 2 is 1.31 bits per heavy atom. The molecule has 0 heterocycles. The van der Waals surface area contributed by atoms with Crippen molar-refractivity contribution in [3.63, 3.8) is 0 Å². The average molecular weight is 509 g/mol. The van der Waals surface area contributed by atoms with Crippen LogP contribution in [0.25, 0.3) is 0 Å². The normalized spacial score (nSPS) is 17.9. The molecular formula is C33H39ClF2. The first-order valence-corrected chi connectivity index (χ1v) is 14.2. The van der Waals surface area contributed by atoms with Crippen molar-refractivity contribution in [2.75, 3.05) is 0 Å². The lowest BCUT2D eigenvalue weighted by atomic mass is 9.76. The van der Waals surface area contributed by atoms with Gasteiger partial charge in [-0.2, -0.15) is 0 Å². The lowest BCUT2D eigenvalue weighted by molar-refractivity contribution is 0.310. The quantitative estimate of drug-likeness (QED) is 0.226. The second-order valence-electron chi connectivity index (χ2n) is 10.6. The summed E-state index contributed by atoms with van der Waals surface area (Å²) < 4.78 is 29.5. The van der Waals surface area contributed by atoms with Crippen LogP contribution in [-0.4, -0.2) is 0 Å². The van der Waals surface area contributed by atoms with Gasteiger partial charge in [0, 0.05) is 10.6 Å². The van der Waals surface area contributed by atoms with Gasteiger partial charge in [-0.15, -0.1) is 0 Å². The van der Waals surface area contributed by atoms with Crippen molar-refractivity contribution in [3.05, 3.63) is 105 Å². The van der Waals surface area contributed by atoms with Crippen LogP contribution < -0.4 is 0 Å². The van der Waals surface area contributed by atoms with Gasteiger partial charge in [-0.1, -0.05) is 67.8 Å². The maximum absolute atomic E-state index is 14.7. The van der Waals surface area contributed by atoms with Gasteiger partial charge in [0.05, 0.1) is 0 Å². The van der Waals surface area contributed by atoms with Gasteiger partial charge in [0.2, 0.25) is 0 Å². The standard InChI is InChI=1S/C33H39ClF2/c1-2-3-4-5-24-8-15-28(16-9-24)29-17-10-25(11-18-29)6-7-27-22-32(35)31(33(36)23-27)21-14-26-12-19-30(34)20-13-26/h8-9,12-13,15-16,19-20,22-23,25,29H,2-7,10-11,14,17-18,21H2,1H3/t25-,29-. The van der Waals surface area contributed by atoms with Crippen LogP contribution in [0.5, 0.6) is 0 Å². The number of halogens is 3. The number of hydrogen-bond acceptors (Lipinski definition) is 0. The SMILES string of the molecule is CCCCCc1ccc([C@H]2CC[C@H](CCc3cc(F)c(CCc4ccc(Cl)cc4)c(F)c3)CC2)cc1. The maximum atomic E-state index is 14.7. The lowest BCUT2D eigenvalue weighted by Gasteiger charge is -2.29. The highest BCUT2D eigenvalue weighted by Crippen LogP contribution is 2.37. The van der Waals surface area contributed by atoms with Gasteiger partial charge in [0.1, 0.15) is 11.6 Å². The Morgan fingerprint density at radius 1 is 0.694 bits per heavy atom.